The Kier molecular flexibility index (Phi) is 5.70. The van der Waals surface area contributed by atoms with E-state index in [2.05, 4.69) is 5.32 Å². The minimum atomic E-state index is -1.98. The number of amides is 1. The Morgan fingerprint density at radius 3 is 2.74 bits per heavy atom. The van der Waals surface area contributed by atoms with Crippen molar-refractivity contribution in [3.8, 4) is 11.4 Å². The first-order valence-electron chi connectivity index (χ1n) is 12.8. The van der Waals surface area contributed by atoms with Crippen molar-refractivity contribution < 1.29 is 28.9 Å². The molecule has 2 aliphatic heterocycles. The standard InChI is InChI=1S/C28H27ClFN3O6/c1-4-28(38)15-7-19-23-13(9-33(19)24(35)14(15)10-39-26(28)37)21-17(32-25(36)27(2,3)11-34)6-5-12-20(21)18(31-23)8-16(30)22(12)29/h7-8,17,34,38H,4-6,9-11H2,1-3H3,(H,32,36)/t17-,28-/m0/s1. The Balaban J connectivity index is 1.62. The summed E-state index contributed by atoms with van der Waals surface area (Å²) < 4.78 is 21.5. The number of pyridine rings is 2. The maximum atomic E-state index is 14.9. The van der Waals surface area contributed by atoms with Crippen molar-refractivity contribution in [1.82, 2.24) is 14.9 Å². The third kappa shape index (κ3) is 3.51. The summed E-state index contributed by atoms with van der Waals surface area (Å²) in [5.41, 5.74) is 0.0122. The third-order valence-corrected chi connectivity index (χ3v) is 8.77. The quantitative estimate of drug-likeness (QED) is 0.330. The molecule has 4 heterocycles. The molecule has 0 unspecified atom stereocenters. The zero-order valence-electron chi connectivity index (χ0n) is 21.7. The molecule has 6 rings (SSSR count). The van der Waals surface area contributed by atoms with Gasteiger partial charge in [0.1, 0.15) is 12.4 Å². The lowest BCUT2D eigenvalue weighted by molar-refractivity contribution is -0.172. The highest BCUT2D eigenvalue weighted by Crippen LogP contribution is 2.47. The Bertz CT molecular complexity index is 1680. The number of benzene rings is 1. The van der Waals surface area contributed by atoms with Crippen LogP contribution in [0.4, 0.5) is 4.39 Å². The van der Waals surface area contributed by atoms with Crippen molar-refractivity contribution in [2.24, 2.45) is 5.41 Å². The normalized spacial score (nSPS) is 21.3. The van der Waals surface area contributed by atoms with Crippen LogP contribution in [0.25, 0.3) is 22.3 Å². The minimum Gasteiger partial charge on any atom is -0.458 e. The first kappa shape index (κ1) is 25.9. The number of nitrogens with one attached hydrogen (secondary N) is 1. The van der Waals surface area contributed by atoms with Crippen molar-refractivity contribution in [3.05, 3.63) is 61.1 Å². The van der Waals surface area contributed by atoms with Crippen LogP contribution in [0.15, 0.2) is 16.9 Å². The molecule has 39 heavy (non-hydrogen) atoms. The number of carbonyl (C=O) groups is 2. The van der Waals surface area contributed by atoms with Crippen LogP contribution in [0.2, 0.25) is 5.02 Å². The van der Waals surface area contributed by atoms with E-state index in [0.717, 1.165) is 0 Å². The van der Waals surface area contributed by atoms with Gasteiger partial charge in [0.25, 0.3) is 5.56 Å². The minimum absolute atomic E-state index is 0.00206. The van der Waals surface area contributed by atoms with Crippen LogP contribution >= 0.6 is 11.6 Å². The fourth-order valence-corrected chi connectivity index (χ4v) is 6.17. The fourth-order valence-electron chi connectivity index (χ4n) is 5.92. The predicted octanol–water partition coefficient (Wildman–Crippen LogP) is 2.99. The summed E-state index contributed by atoms with van der Waals surface area (Å²) in [6, 6.07) is 2.33. The van der Waals surface area contributed by atoms with Crippen LogP contribution in [0.5, 0.6) is 0 Å². The number of fused-ring (bicyclic) bond motifs is 5. The number of aryl methyl sites for hydroxylation is 1. The summed E-state index contributed by atoms with van der Waals surface area (Å²) >= 11 is 6.39. The molecule has 0 fully saturated rings. The van der Waals surface area contributed by atoms with Gasteiger partial charge >= 0.3 is 5.97 Å². The summed E-state index contributed by atoms with van der Waals surface area (Å²) in [7, 11) is 0. The summed E-state index contributed by atoms with van der Waals surface area (Å²) in [5.74, 6) is -1.79. The van der Waals surface area contributed by atoms with Gasteiger partial charge in [-0.1, -0.05) is 18.5 Å². The van der Waals surface area contributed by atoms with Crippen molar-refractivity contribution >= 4 is 34.4 Å². The van der Waals surface area contributed by atoms with Crippen LogP contribution in [0.1, 0.15) is 67.5 Å². The average molecular weight is 556 g/mol. The number of hydrogen-bond donors (Lipinski definition) is 3. The van der Waals surface area contributed by atoms with E-state index in [1.807, 2.05) is 0 Å². The molecule has 3 N–H and O–H groups in total. The smallest absolute Gasteiger partial charge is 0.343 e. The van der Waals surface area contributed by atoms with Crippen molar-refractivity contribution in [2.75, 3.05) is 6.61 Å². The third-order valence-electron chi connectivity index (χ3n) is 8.36. The van der Waals surface area contributed by atoms with Gasteiger partial charge in [-0.05, 0) is 50.3 Å². The average Bonchev–Trinajstić information content (AvgIpc) is 3.28. The summed E-state index contributed by atoms with van der Waals surface area (Å²) in [6.07, 6.45) is 0.830. The Morgan fingerprint density at radius 2 is 2.05 bits per heavy atom. The largest absolute Gasteiger partial charge is 0.458 e. The number of nitrogens with zero attached hydrogens (tertiary/aromatic N) is 2. The number of cyclic esters (lactones) is 1. The van der Waals surface area contributed by atoms with E-state index >= 15 is 0 Å². The van der Waals surface area contributed by atoms with E-state index in [0.29, 0.717) is 51.8 Å². The zero-order valence-corrected chi connectivity index (χ0v) is 22.4. The van der Waals surface area contributed by atoms with Gasteiger partial charge in [-0.2, -0.15) is 0 Å². The number of rotatable bonds is 4. The number of hydrogen-bond acceptors (Lipinski definition) is 7. The van der Waals surface area contributed by atoms with E-state index in [9.17, 15) is 29.0 Å². The molecule has 0 saturated carbocycles. The van der Waals surface area contributed by atoms with E-state index in [4.69, 9.17) is 21.3 Å². The van der Waals surface area contributed by atoms with Crippen molar-refractivity contribution in [2.45, 2.75) is 64.8 Å². The maximum Gasteiger partial charge on any atom is 0.343 e. The molecule has 9 nitrogen and oxygen atoms in total. The summed E-state index contributed by atoms with van der Waals surface area (Å²) in [4.78, 5) is 44.0. The Morgan fingerprint density at radius 1 is 1.31 bits per heavy atom. The highest BCUT2D eigenvalue weighted by atomic mass is 35.5. The number of aromatic nitrogens is 2. The maximum absolute atomic E-state index is 14.9. The summed E-state index contributed by atoms with van der Waals surface area (Å²) in [6.45, 7) is 4.41. The second kappa shape index (κ2) is 8.58. The van der Waals surface area contributed by atoms with Crippen molar-refractivity contribution in [3.63, 3.8) is 0 Å². The SMILES string of the molecule is CC[C@@]1(O)C(=O)OCc2c1cc1n(c2=O)Cc2c-1nc1cc(F)c(Cl)c3c1c2[C@@H](NC(=O)C(C)(C)CO)CC3. The van der Waals surface area contributed by atoms with Crippen LogP contribution in [-0.4, -0.2) is 38.2 Å². The van der Waals surface area contributed by atoms with E-state index in [1.165, 1.54) is 10.6 Å². The van der Waals surface area contributed by atoms with Gasteiger partial charge in [-0.25, -0.2) is 14.2 Å². The fraction of sp³-hybridized carbons (Fsp3) is 0.429. The Hall–Kier alpha value is -3.34. The molecule has 2 aromatic heterocycles. The van der Waals surface area contributed by atoms with Crippen LogP contribution < -0.4 is 10.9 Å². The van der Waals surface area contributed by atoms with Crippen LogP contribution in [0.3, 0.4) is 0 Å². The molecule has 3 aliphatic rings. The second-order valence-corrected chi connectivity index (χ2v) is 11.5. The van der Waals surface area contributed by atoms with Gasteiger partial charge in [-0.15, -0.1) is 0 Å². The monoisotopic (exact) mass is 555 g/mol. The van der Waals surface area contributed by atoms with Gasteiger partial charge < -0.3 is 24.8 Å². The molecule has 0 radical (unpaired) electrons. The molecule has 11 heteroatoms. The molecule has 204 valence electrons. The van der Waals surface area contributed by atoms with Gasteiger partial charge in [0.05, 0.1) is 52.1 Å². The van der Waals surface area contributed by atoms with Gasteiger partial charge in [0, 0.05) is 22.6 Å². The summed E-state index contributed by atoms with van der Waals surface area (Å²) in [5, 5.41) is 24.6. The van der Waals surface area contributed by atoms with Gasteiger partial charge in [-0.3, -0.25) is 9.59 Å². The van der Waals surface area contributed by atoms with Crippen LogP contribution in [-0.2, 0) is 39.5 Å². The Labute approximate surface area is 227 Å². The number of halogens is 2. The molecule has 1 amide bonds. The molecular formula is C28H27ClFN3O6. The van der Waals surface area contributed by atoms with E-state index < -0.39 is 34.4 Å². The predicted molar refractivity (Wildman–Crippen MR) is 140 cm³/mol. The lowest BCUT2D eigenvalue weighted by Gasteiger charge is -2.32. The lowest BCUT2D eigenvalue weighted by atomic mass is 9.82. The number of ether oxygens (including phenoxy) is 1. The first-order valence-corrected chi connectivity index (χ1v) is 13.2. The molecule has 1 aliphatic carbocycles. The molecule has 0 bridgehead atoms. The lowest BCUT2D eigenvalue weighted by Crippen LogP contribution is -2.44. The molecule has 2 atom stereocenters. The second-order valence-electron chi connectivity index (χ2n) is 11.1. The molecule has 3 aromatic rings. The highest BCUT2D eigenvalue weighted by molar-refractivity contribution is 6.32. The molecule has 0 saturated heterocycles. The molecule has 1 aromatic carbocycles. The van der Waals surface area contributed by atoms with Crippen molar-refractivity contribution in [1.29, 1.82) is 0 Å². The first-order chi connectivity index (χ1) is 18.4. The highest BCUT2D eigenvalue weighted by Gasteiger charge is 2.46. The topological polar surface area (TPSA) is 131 Å². The number of carbonyl (C=O) groups excluding carboxylic acids is 2. The van der Waals surface area contributed by atoms with E-state index in [1.54, 1.807) is 26.8 Å². The van der Waals surface area contributed by atoms with E-state index in [-0.39, 0.29) is 48.2 Å². The van der Waals surface area contributed by atoms with Crippen LogP contribution in [0, 0.1) is 11.2 Å². The number of aliphatic hydroxyl groups is 2. The number of esters is 1. The van der Waals surface area contributed by atoms with Gasteiger partial charge in [0.15, 0.2) is 5.60 Å². The molecule has 0 spiro atoms. The zero-order chi connectivity index (χ0) is 28.0. The molecular weight excluding hydrogens is 529 g/mol. The van der Waals surface area contributed by atoms with Gasteiger partial charge in [0.2, 0.25) is 5.91 Å². The number of aliphatic hydroxyl groups excluding tert-OH is 1.